The van der Waals surface area contributed by atoms with Crippen LogP contribution in [0.3, 0.4) is 0 Å². The second-order valence-corrected chi connectivity index (χ2v) is 8.31. The highest BCUT2D eigenvalue weighted by Gasteiger charge is 2.29. The molecule has 1 unspecified atom stereocenters. The molecule has 0 spiro atoms. The Kier molecular flexibility index (Phi) is 5.47. The molecule has 0 aliphatic carbocycles. The van der Waals surface area contributed by atoms with E-state index in [4.69, 9.17) is 0 Å². The highest BCUT2D eigenvalue weighted by Crippen LogP contribution is 2.23. The molecule has 0 bridgehead atoms. The molecule has 3 aromatic heterocycles. The molecule has 1 saturated heterocycles. The van der Waals surface area contributed by atoms with E-state index in [1.165, 1.54) is 12.1 Å². The van der Waals surface area contributed by atoms with Crippen LogP contribution in [-0.2, 0) is 0 Å². The minimum Gasteiger partial charge on any atom is -0.337 e. The maximum absolute atomic E-state index is 14.8. The lowest BCUT2D eigenvalue weighted by molar-refractivity contribution is 0.0778. The smallest absolute Gasteiger partial charge is 0.256 e. The van der Waals surface area contributed by atoms with Gasteiger partial charge in [0.2, 0.25) is 5.95 Å². The molecule has 1 aliphatic rings. The number of benzene rings is 1. The number of fused-ring (bicyclic) bond motifs is 1. The maximum atomic E-state index is 14.8. The number of nitrogens with one attached hydrogen (secondary N) is 1. The van der Waals surface area contributed by atoms with E-state index in [0.717, 1.165) is 17.8 Å². The summed E-state index contributed by atoms with van der Waals surface area (Å²) in [6.45, 7) is 1.24. The van der Waals surface area contributed by atoms with Gasteiger partial charge in [0.25, 0.3) is 5.91 Å². The standard InChI is InChI=1S/C24H24FN7O/c1-30(2)17-9-12-31(15-17)23(33)18-7-6-16(13-19(18)25)28-24-26-10-8-20(29-24)21-14-27-22-5-3-4-11-32(21)22/h3-8,10-11,13-14,17H,9,12,15H2,1-2H3,(H,26,28,29). The number of nitrogens with zero attached hydrogens (tertiary/aromatic N) is 6. The molecule has 4 heterocycles. The fourth-order valence-electron chi connectivity index (χ4n) is 4.10. The molecule has 1 amide bonds. The van der Waals surface area contributed by atoms with Crippen LogP contribution < -0.4 is 5.32 Å². The van der Waals surface area contributed by atoms with E-state index in [0.29, 0.717) is 36.5 Å². The van der Waals surface area contributed by atoms with E-state index in [-0.39, 0.29) is 11.5 Å². The van der Waals surface area contributed by atoms with Crippen LogP contribution >= 0.6 is 0 Å². The van der Waals surface area contributed by atoms with E-state index in [2.05, 4.69) is 25.2 Å². The summed E-state index contributed by atoms with van der Waals surface area (Å²) in [5, 5.41) is 3.03. The maximum Gasteiger partial charge on any atom is 0.256 e. The van der Waals surface area contributed by atoms with Gasteiger partial charge < -0.3 is 15.1 Å². The topological polar surface area (TPSA) is 78.7 Å². The zero-order valence-corrected chi connectivity index (χ0v) is 18.4. The monoisotopic (exact) mass is 445 g/mol. The van der Waals surface area contributed by atoms with Gasteiger partial charge in [0, 0.05) is 37.2 Å². The molecule has 8 nitrogen and oxygen atoms in total. The number of aromatic nitrogens is 4. The van der Waals surface area contributed by atoms with Crippen molar-refractivity contribution < 1.29 is 9.18 Å². The van der Waals surface area contributed by atoms with Crippen molar-refractivity contribution in [2.75, 3.05) is 32.5 Å². The molecule has 1 aliphatic heterocycles. The van der Waals surface area contributed by atoms with E-state index in [1.54, 1.807) is 29.4 Å². The third-order valence-corrected chi connectivity index (χ3v) is 5.97. The third kappa shape index (κ3) is 4.14. The number of imidazole rings is 1. The van der Waals surface area contributed by atoms with Gasteiger partial charge in [0.15, 0.2) is 0 Å². The molecule has 1 aromatic carbocycles. The normalized spacial score (nSPS) is 16.0. The molecule has 1 atom stereocenters. The number of hydrogen-bond donors (Lipinski definition) is 1. The molecule has 168 valence electrons. The molecule has 0 saturated carbocycles. The lowest BCUT2D eigenvalue weighted by Gasteiger charge is -2.20. The molecule has 4 aromatic rings. The Labute approximate surface area is 190 Å². The van der Waals surface area contributed by atoms with E-state index < -0.39 is 5.82 Å². The van der Waals surface area contributed by atoms with Crippen molar-refractivity contribution in [3.05, 3.63) is 72.4 Å². The first-order valence-corrected chi connectivity index (χ1v) is 10.8. The predicted molar refractivity (Wildman–Crippen MR) is 124 cm³/mol. The zero-order valence-electron chi connectivity index (χ0n) is 18.4. The van der Waals surface area contributed by atoms with Gasteiger partial charge in [-0.25, -0.2) is 19.3 Å². The van der Waals surface area contributed by atoms with Crippen molar-refractivity contribution in [3.63, 3.8) is 0 Å². The van der Waals surface area contributed by atoms with Gasteiger partial charge in [-0.3, -0.25) is 9.20 Å². The average Bonchev–Trinajstić information content (AvgIpc) is 3.47. The minimum absolute atomic E-state index is 0.0698. The molecule has 0 radical (unpaired) electrons. The first-order valence-electron chi connectivity index (χ1n) is 10.8. The number of carbonyl (C=O) groups excluding carboxylic acids is 1. The number of pyridine rings is 1. The number of anilines is 2. The Morgan fingerprint density at radius 2 is 2.06 bits per heavy atom. The Morgan fingerprint density at radius 1 is 1.18 bits per heavy atom. The molecule has 1 fully saturated rings. The van der Waals surface area contributed by atoms with Crippen molar-refractivity contribution >= 4 is 23.2 Å². The summed E-state index contributed by atoms with van der Waals surface area (Å²) in [6.07, 6.45) is 6.19. The molecule has 33 heavy (non-hydrogen) atoms. The van der Waals surface area contributed by atoms with Crippen molar-refractivity contribution in [1.29, 1.82) is 0 Å². The molecule has 1 N–H and O–H groups in total. The first-order chi connectivity index (χ1) is 16.0. The highest BCUT2D eigenvalue weighted by molar-refractivity contribution is 5.95. The van der Waals surface area contributed by atoms with Gasteiger partial charge in [-0.2, -0.15) is 0 Å². The van der Waals surface area contributed by atoms with Crippen molar-refractivity contribution in [2.45, 2.75) is 12.5 Å². The summed E-state index contributed by atoms with van der Waals surface area (Å²) in [6, 6.07) is 12.3. The Hall–Kier alpha value is -3.85. The summed E-state index contributed by atoms with van der Waals surface area (Å²) >= 11 is 0. The fourth-order valence-corrected chi connectivity index (χ4v) is 4.10. The van der Waals surface area contributed by atoms with E-state index in [9.17, 15) is 9.18 Å². The van der Waals surface area contributed by atoms with E-state index >= 15 is 0 Å². The largest absolute Gasteiger partial charge is 0.337 e. The number of hydrogen-bond acceptors (Lipinski definition) is 6. The van der Waals surface area contributed by atoms with Crippen LogP contribution in [0, 0.1) is 5.82 Å². The second kappa shape index (κ2) is 8.59. The van der Waals surface area contributed by atoms with Crippen LogP contribution in [0.25, 0.3) is 17.0 Å². The van der Waals surface area contributed by atoms with Gasteiger partial charge in [0.05, 0.1) is 23.1 Å². The average molecular weight is 446 g/mol. The predicted octanol–water partition coefficient (Wildman–Crippen LogP) is 3.45. The lowest BCUT2D eigenvalue weighted by Crippen LogP contribution is -2.34. The van der Waals surface area contributed by atoms with Crippen LogP contribution in [-0.4, -0.2) is 68.3 Å². The van der Waals surface area contributed by atoms with Crippen molar-refractivity contribution in [2.24, 2.45) is 0 Å². The zero-order chi connectivity index (χ0) is 22.9. The Morgan fingerprint density at radius 3 is 2.85 bits per heavy atom. The van der Waals surface area contributed by atoms with Gasteiger partial charge >= 0.3 is 0 Å². The Bertz CT molecular complexity index is 1320. The first kappa shape index (κ1) is 21.0. The minimum atomic E-state index is -0.573. The summed E-state index contributed by atoms with van der Waals surface area (Å²) < 4.78 is 16.8. The number of likely N-dealkylation sites (N-methyl/N-ethyl adjacent to an activating group) is 1. The van der Waals surface area contributed by atoms with Crippen LogP contribution in [0.2, 0.25) is 0 Å². The number of rotatable bonds is 5. The molecule has 9 heteroatoms. The van der Waals surface area contributed by atoms with Crippen molar-refractivity contribution in [1.82, 2.24) is 29.2 Å². The summed E-state index contributed by atoms with van der Waals surface area (Å²) in [5.74, 6) is -0.532. The summed E-state index contributed by atoms with van der Waals surface area (Å²) in [4.78, 5) is 29.8. The third-order valence-electron chi connectivity index (χ3n) is 5.97. The van der Waals surface area contributed by atoms with Crippen LogP contribution in [0.15, 0.2) is 61.1 Å². The fraction of sp³-hybridized carbons (Fsp3) is 0.250. The van der Waals surface area contributed by atoms with Gasteiger partial charge in [-0.05, 0) is 56.9 Å². The Balaban J connectivity index is 1.34. The van der Waals surface area contributed by atoms with Crippen LogP contribution in [0.4, 0.5) is 16.0 Å². The summed E-state index contributed by atoms with van der Waals surface area (Å²) in [7, 11) is 3.98. The van der Waals surface area contributed by atoms with Crippen LogP contribution in [0.1, 0.15) is 16.8 Å². The number of carbonyl (C=O) groups is 1. The molecule has 5 rings (SSSR count). The molecular formula is C24H24FN7O. The SMILES string of the molecule is CN(C)C1CCN(C(=O)c2ccc(Nc3nccc(-c4cnc5ccccn45)n3)cc2F)C1. The van der Waals surface area contributed by atoms with E-state index in [1.807, 2.05) is 42.9 Å². The van der Waals surface area contributed by atoms with Crippen molar-refractivity contribution in [3.8, 4) is 11.4 Å². The van der Waals surface area contributed by atoms with Crippen LogP contribution in [0.5, 0.6) is 0 Å². The second-order valence-electron chi connectivity index (χ2n) is 8.31. The number of halogens is 1. The van der Waals surface area contributed by atoms with Gasteiger partial charge in [-0.15, -0.1) is 0 Å². The summed E-state index contributed by atoms with van der Waals surface area (Å²) in [5.41, 5.74) is 2.86. The van der Waals surface area contributed by atoms with Gasteiger partial charge in [0.1, 0.15) is 11.5 Å². The molecular weight excluding hydrogens is 421 g/mol. The lowest BCUT2D eigenvalue weighted by atomic mass is 10.1. The number of amides is 1. The quantitative estimate of drug-likeness (QED) is 0.507. The highest BCUT2D eigenvalue weighted by atomic mass is 19.1. The number of likely N-dealkylation sites (tertiary alicyclic amines) is 1. The van der Waals surface area contributed by atoms with Gasteiger partial charge in [-0.1, -0.05) is 6.07 Å².